The summed E-state index contributed by atoms with van der Waals surface area (Å²) in [4.78, 5) is 9.97. The summed E-state index contributed by atoms with van der Waals surface area (Å²) in [6.07, 6.45) is 0. The molecule has 0 amide bonds. The lowest BCUT2D eigenvalue weighted by atomic mass is 10.1. The number of nitrogen functional groups attached to an aromatic ring is 1. The molecule has 1 aromatic rings. The number of nitro groups is 1. The molecule has 0 aromatic heterocycles. The first kappa shape index (κ1) is 9.47. The molecule has 5 nitrogen and oxygen atoms in total. The Balaban J connectivity index is 3.26. The summed E-state index contributed by atoms with van der Waals surface area (Å²) in [6, 6.07) is 4.33. The van der Waals surface area contributed by atoms with Crippen LogP contribution >= 0.6 is 0 Å². The molecule has 5 heteroatoms. The van der Waals surface area contributed by atoms with Crippen LogP contribution in [-0.4, -0.2) is 4.92 Å². The van der Waals surface area contributed by atoms with Crippen molar-refractivity contribution >= 4 is 11.4 Å². The molecule has 1 atom stereocenters. The quantitative estimate of drug-likeness (QED) is 0.407. The standard InChI is InChI=1S/C8H11N3O2/c1-5(9)6-3-2-4-7(8(6)10)11(12)13/h2-5H,9-10H2,1H3/t5-/m1/s1. The van der Waals surface area contributed by atoms with Crippen LogP contribution in [0.3, 0.4) is 0 Å². The summed E-state index contributed by atoms with van der Waals surface area (Å²) in [5.41, 5.74) is 11.8. The van der Waals surface area contributed by atoms with Gasteiger partial charge in [-0.15, -0.1) is 0 Å². The second kappa shape index (κ2) is 3.40. The molecule has 13 heavy (non-hydrogen) atoms. The molecular formula is C8H11N3O2. The maximum Gasteiger partial charge on any atom is 0.292 e. The van der Waals surface area contributed by atoms with Gasteiger partial charge in [0.1, 0.15) is 5.69 Å². The van der Waals surface area contributed by atoms with Crippen LogP contribution in [-0.2, 0) is 0 Å². The van der Waals surface area contributed by atoms with Gasteiger partial charge in [0.2, 0.25) is 0 Å². The van der Waals surface area contributed by atoms with Gasteiger partial charge in [0.15, 0.2) is 0 Å². The van der Waals surface area contributed by atoms with Crippen LogP contribution in [0.1, 0.15) is 18.5 Å². The highest BCUT2D eigenvalue weighted by molar-refractivity contribution is 5.63. The first-order chi connectivity index (χ1) is 6.04. The Bertz CT molecular complexity index is 336. The van der Waals surface area contributed by atoms with Crippen molar-refractivity contribution in [3.8, 4) is 0 Å². The normalized spacial score (nSPS) is 12.5. The molecule has 0 spiro atoms. The number of rotatable bonds is 2. The lowest BCUT2D eigenvalue weighted by molar-refractivity contribution is -0.384. The monoisotopic (exact) mass is 181 g/mol. The Kier molecular flexibility index (Phi) is 2.48. The topological polar surface area (TPSA) is 95.2 Å². The summed E-state index contributed by atoms with van der Waals surface area (Å²) in [5.74, 6) is 0. The van der Waals surface area contributed by atoms with Gasteiger partial charge in [0.05, 0.1) is 4.92 Å². The van der Waals surface area contributed by atoms with Crippen LogP contribution in [0, 0.1) is 10.1 Å². The Morgan fingerprint density at radius 2 is 2.15 bits per heavy atom. The van der Waals surface area contributed by atoms with E-state index in [2.05, 4.69) is 0 Å². The summed E-state index contributed by atoms with van der Waals surface area (Å²) in [5, 5.41) is 10.5. The largest absolute Gasteiger partial charge is 0.393 e. The minimum atomic E-state index is -0.513. The molecule has 0 aliphatic rings. The minimum absolute atomic E-state index is 0.0881. The van der Waals surface area contributed by atoms with Gasteiger partial charge in [-0.2, -0.15) is 0 Å². The molecule has 0 fully saturated rings. The summed E-state index contributed by atoms with van der Waals surface area (Å²) < 4.78 is 0. The van der Waals surface area contributed by atoms with E-state index in [1.165, 1.54) is 6.07 Å². The second-order valence-corrected chi connectivity index (χ2v) is 2.83. The van der Waals surface area contributed by atoms with Crippen molar-refractivity contribution in [2.75, 3.05) is 5.73 Å². The van der Waals surface area contributed by atoms with E-state index < -0.39 is 4.92 Å². The van der Waals surface area contributed by atoms with E-state index in [0.29, 0.717) is 5.56 Å². The van der Waals surface area contributed by atoms with Crippen LogP contribution in [0.2, 0.25) is 0 Å². The van der Waals surface area contributed by atoms with Crippen molar-refractivity contribution in [3.05, 3.63) is 33.9 Å². The van der Waals surface area contributed by atoms with E-state index in [1.54, 1.807) is 19.1 Å². The van der Waals surface area contributed by atoms with E-state index in [4.69, 9.17) is 11.5 Å². The third-order valence-electron chi connectivity index (χ3n) is 1.80. The lowest BCUT2D eigenvalue weighted by Crippen LogP contribution is -2.09. The predicted molar refractivity (Wildman–Crippen MR) is 50.1 cm³/mol. The zero-order chi connectivity index (χ0) is 10.0. The number of benzene rings is 1. The Morgan fingerprint density at radius 3 is 2.62 bits per heavy atom. The third kappa shape index (κ3) is 1.75. The average Bonchev–Trinajstić information content (AvgIpc) is 2.03. The number of para-hydroxylation sites is 1. The van der Waals surface area contributed by atoms with Crippen LogP contribution in [0.4, 0.5) is 11.4 Å². The summed E-state index contributed by atoms with van der Waals surface area (Å²) in [7, 11) is 0. The van der Waals surface area contributed by atoms with Crippen LogP contribution < -0.4 is 11.5 Å². The number of hydrogen-bond donors (Lipinski definition) is 2. The average molecular weight is 181 g/mol. The molecule has 0 aliphatic heterocycles. The van der Waals surface area contributed by atoms with E-state index >= 15 is 0 Å². The van der Waals surface area contributed by atoms with Gasteiger partial charge in [0, 0.05) is 12.1 Å². The summed E-state index contributed by atoms with van der Waals surface area (Å²) >= 11 is 0. The van der Waals surface area contributed by atoms with E-state index in [0.717, 1.165) is 0 Å². The van der Waals surface area contributed by atoms with Crippen LogP contribution in [0.15, 0.2) is 18.2 Å². The van der Waals surface area contributed by atoms with Crippen molar-refractivity contribution in [1.82, 2.24) is 0 Å². The van der Waals surface area contributed by atoms with Crippen molar-refractivity contribution in [2.45, 2.75) is 13.0 Å². The maximum atomic E-state index is 10.5. The second-order valence-electron chi connectivity index (χ2n) is 2.83. The fraction of sp³-hybridized carbons (Fsp3) is 0.250. The highest BCUT2D eigenvalue weighted by atomic mass is 16.6. The van der Waals surface area contributed by atoms with Crippen LogP contribution in [0.25, 0.3) is 0 Å². The molecule has 0 bridgehead atoms. The maximum absolute atomic E-state index is 10.5. The van der Waals surface area contributed by atoms with Gasteiger partial charge in [0.25, 0.3) is 5.69 Å². The van der Waals surface area contributed by atoms with E-state index in [-0.39, 0.29) is 17.4 Å². The van der Waals surface area contributed by atoms with Gasteiger partial charge < -0.3 is 11.5 Å². The minimum Gasteiger partial charge on any atom is -0.393 e. The van der Waals surface area contributed by atoms with Gasteiger partial charge in [-0.1, -0.05) is 12.1 Å². The number of nitrogens with zero attached hydrogens (tertiary/aromatic N) is 1. The predicted octanol–water partition coefficient (Wildman–Crippen LogP) is 1.20. The molecule has 4 N–H and O–H groups in total. The molecule has 0 unspecified atom stereocenters. The zero-order valence-corrected chi connectivity index (χ0v) is 7.23. The SMILES string of the molecule is C[C@@H](N)c1cccc([N+](=O)[O-])c1N. The molecular weight excluding hydrogens is 170 g/mol. The Labute approximate surface area is 75.5 Å². The molecule has 1 aromatic carbocycles. The number of nitro benzene ring substituents is 1. The molecule has 1 rings (SSSR count). The van der Waals surface area contributed by atoms with E-state index in [1.807, 2.05) is 0 Å². The Hall–Kier alpha value is -1.62. The number of hydrogen-bond acceptors (Lipinski definition) is 4. The van der Waals surface area contributed by atoms with Gasteiger partial charge in [-0.3, -0.25) is 10.1 Å². The first-order valence-electron chi connectivity index (χ1n) is 3.82. The summed E-state index contributed by atoms with van der Waals surface area (Å²) in [6.45, 7) is 1.73. The van der Waals surface area contributed by atoms with Gasteiger partial charge in [-0.05, 0) is 12.5 Å². The van der Waals surface area contributed by atoms with Crippen molar-refractivity contribution < 1.29 is 4.92 Å². The number of anilines is 1. The van der Waals surface area contributed by atoms with Gasteiger partial charge >= 0.3 is 0 Å². The number of nitrogens with two attached hydrogens (primary N) is 2. The fourth-order valence-electron chi connectivity index (χ4n) is 1.13. The molecule has 0 saturated carbocycles. The third-order valence-corrected chi connectivity index (χ3v) is 1.80. The molecule has 0 saturated heterocycles. The lowest BCUT2D eigenvalue weighted by Gasteiger charge is -2.08. The van der Waals surface area contributed by atoms with Crippen molar-refractivity contribution in [1.29, 1.82) is 0 Å². The highest BCUT2D eigenvalue weighted by Crippen LogP contribution is 2.27. The molecule has 0 radical (unpaired) electrons. The van der Waals surface area contributed by atoms with Crippen molar-refractivity contribution in [3.63, 3.8) is 0 Å². The molecule has 0 aliphatic carbocycles. The smallest absolute Gasteiger partial charge is 0.292 e. The highest BCUT2D eigenvalue weighted by Gasteiger charge is 2.15. The van der Waals surface area contributed by atoms with Crippen molar-refractivity contribution in [2.24, 2.45) is 5.73 Å². The van der Waals surface area contributed by atoms with Crippen LogP contribution in [0.5, 0.6) is 0 Å². The van der Waals surface area contributed by atoms with E-state index in [9.17, 15) is 10.1 Å². The molecule has 70 valence electrons. The first-order valence-corrected chi connectivity index (χ1v) is 3.82. The zero-order valence-electron chi connectivity index (χ0n) is 7.23. The fourth-order valence-corrected chi connectivity index (χ4v) is 1.13. The molecule has 0 heterocycles. The Morgan fingerprint density at radius 1 is 1.54 bits per heavy atom. The van der Waals surface area contributed by atoms with Gasteiger partial charge in [-0.25, -0.2) is 0 Å².